The maximum Gasteiger partial charge on any atom is 0.246 e. The Morgan fingerprint density at radius 3 is 2.80 bits per heavy atom. The van der Waals surface area contributed by atoms with Gasteiger partial charge in [0.1, 0.15) is 0 Å². The number of fused-ring (bicyclic) bond motifs is 1. The number of pyridine rings is 1. The zero-order valence-electron chi connectivity index (χ0n) is 11.2. The van der Waals surface area contributed by atoms with E-state index in [9.17, 15) is 4.79 Å². The van der Waals surface area contributed by atoms with Gasteiger partial charge in [0.05, 0.1) is 24.4 Å². The Morgan fingerprint density at radius 1 is 1.15 bits per heavy atom. The molecule has 1 fully saturated rings. The predicted octanol–water partition coefficient (Wildman–Crippen LogP) is 2.11. The molecule has 20 heavy (non-hydrogen) atoms. The Labute approximate surface area is 117 Å². The monoisotopic (exact) mass is 268 g/mol. The molecule has 2 heterocycles. The number of rotatable bonds is 2. The summed E-state index contributed by atoms with van der Waals surface area (Å²) in [5.74, 6) is 0.0169. The van der Waals surface area contributed by atoms with Crippen molar-refractivity contribution in [3.8, 4) is 0 Å². The molecule has 2 aromatic rings. The summed E-state index contributed by atoms with van der Waals surface area (Å²) < 4.78 is 5.23. The van der Waals surface area contributed by atoms with Gasteiger partial charge in [0.15, 0.2) is 0 Å². The normalized spacial score (nSPS) is 15.9. The average Bonchev–Trinajstić information content (AvgIpc) is 2.53. The summed E-state index contributed by atoms with van der Waals surface area (Å²) in [7, 11) is 0. The van der Waals surface area contributed by atoms with Crippen LogP contribution in [0.1, 0.15) is 5.69 Å². The van der Waals surface area contributed by atoms with Gasteiger partial charge in [-0.1, -0.05) is 24.3 Å². The lowest BCUT2D eigenvalue weighted by atomic mass is 10.2. The van der Waals surface area contributed by atoms with Gasteiger partial charge in [-0.3, -0.25) is 4.79 Å². The summed E-state index contributed by atoms with van der Waals surface area (Å²) in [5, 5.41) is 1.10. The van der Waals surface area contributed by atoms with E-state index in [-0.39, 0.29) is 5.91 Å². The molecule has 0 bridgehead atoms. The van der Waals surface area contributed by atoms with E-state index in [1.54, 1.807) is 17.1 Å². The van der Waals surface area contributed by atoms with Crippen LogP contribution in [-0.4, -0.2) is 42.1 Å². The second-order valence-corrected chi connectivity index (χ2v) is 4.70. The van der Waals surface area contributed by atoms with Crippen LogP contribution in [-0.2, 0) is 9.53 Å². The van der Waals surface area contributed by atoms with Gasteiger partial charge in [-0.2, -0.15) is 0 Å². The van der Waals surface area contributed by atoms with Crippen LogP contribution in [0.2, 0.25) is 0 Å². The van der Waals surface area contributed by atoms with E-state index in [1.165, 1.54) is 0 Å². The SMILES string of the molecule is O=C(/C=C/c1ccc2ccccc2n1)N1CCOCC1. The second kappa shape index (κ2) is 5.84. The number of morpholine rings is 1. The van der Waals surface area contributed by atoms with Crippen molar-refractivity contribution in [1.29, 1.82) is 0 Å². The van der Waals surface area contributed by atoms with Gasteiger partial charge in [-0.15, -0.1) is 0 Å². The van der Waals surface area contributed by atoms with Crippen LogP contribution in [0.4, 0.5) is 0 Å². The molecule has 3 rings (SSSR count). The van der Waals surface area contributed by atoms with Crippen LogP contribution in [0.5, 0.6) is 0 Å². The molecule has 0 radical (unpaired) electrons. The standard InChI is InChI=1S/C16H16N2O2/c19-16(18-9-11-20-12-10-18)8-7-14-6-5-13-3-1-2-4-15(13)17-14/h1-8H,9-12H2/b8-7+. The first-order valence-electron chi connectivity index (χ1n) is 6.73. The smallest absolute Gasteiger partial charge is 0.246 e. The number of nitrogens with zero attached hydrogens (tertiary/aromatic N) is 2. The number of carbonyl (C=O) groups excluding carboxylic acids is 1. The van der Waals surface area contributed by atoms with Crippen LogP contribution in [0.15, 0.2) is 42.5 Å². The summed E-state index contributed by atoms with van der Waals surface area (Å²) in [6.07, 6.45) is 3.35. The molecule has 4 heteroatoms. The second-order valence-electron chi connectivity index (χ2n) is 4.70. The van der Waals surface area contributed by atoms with E-state index in [4.69, 9.17) is 4.74 Å². The van der Waals surface area contributed by atoms with Crippen molar-refractivity contribution < 1.29 is 9.53 Å². The number of hydrogen-bond acceptors (Lipinski definition) is 3. The fourth-order valence-corrected chi connectivity index (χ4v) is 2.22. The summed E-state index contributed by atoms with van der Waals surface area (Å²) in [4.78, 5) is 18.3. The van der Waals surface area contributed by atoms with Crippen LogP contribution in [0.25, 0.3) is 17.0 Å². The van der Waals surface area contributed by atoms with E-state index in [2.05, 4.69) is 4.98 Å². The van der Waals surface area contributed by atoms with E-state index in [1.807, 2.05) is 36.4 Å². The van der Waals surface area contributed by atoms with E-state index >= 15 is 0 Å². The van der Waals surface area contributed by atoms with Crippen molar-refractivity contribution in [3.05, 3.63) is 48.2 Å². The highest BCUT2D eigenvalue weighted by Crippen LogP contribution is 2.12. The highest BCUT2D eigenvalue weighted by Gasteiger charge is 2.13. The minimum atomic E-state index is 0.0169. The van der Waals surface area contributed by atoms with Crippen molar-refractivity contribution in [2.45, 2.75) is 0 Å². The average molecular weight is 268 g/mol. The highest BCUT2D eigenvalue weighted by atomic mass is 16.5. The zero-order valence-corrected chi connectivity index (χ0v) is 11.2. The third kappa shape index (κ3) is 2.86. The number of benzene rings is 1. The van der Waals surface area contributed by atoms with Crippen LogP contribution in [0.3, 0.4) is 0 Å². The van der Waals surface area contributed by atoms with E-state index in [0.29, 0.717) is 26.3 Å². The van der Waals surface area contributed by atoms with Crippen molar-refractivity contribution in [3.63, 3.8) is 0 Å². The fourth-order valence-electron chi connectivity index (χ4n) is 2.22. The quantitative estimate of drug-likeness (QED) is 0.783. The lowest BCUT2D eigenvalue weighted by Crippen LogP contribution is -2.39. The minimum absolute atomic E-state index is 0.0169. The van der Waals surface area contributed by atoms with Crippen molar-refractivity contribution >= 4 is 22.9 Å². The first kappa shape index (κ1) is 12.8. The first-order valence-corrected chi connectivity index (χ1v) is 6.73. The molecular formula is C16H16N2O2. The molecule has 1 aromatic carbocycles. The maximum absolute atomic E-state index is 12.0. The molecular weight excluding hydrogens is 252 g/mol. The number of para-hydroxylation sites is 1. The number of aromatic nitrogens is 1. The third-order valence-electron chi connectivity index (χ3n) is 3.34. The fraction of sp³-hybridized carbons (Fsp3) is 0.250. The molecule has 0 N–H and O–H groups in total. The van der Waals surface area contributed by atoms with E-state index < -0.39 is 0 Å². The molecule has 1 amide bonds. The Hall–Kier alpha value is -2.20. The number of amides is 1. The lowest BCUT2D eigenvalue weighted by Gasteiger charge is -2.25. The van der Waals surface area contributed by atoms with Gasteiger partial charge >= 0.3 is 0 Å². The summed E-state index contributed by atoms with van der Waals surface area (Å²) >= 11 is 0. The molecule has 4 nitrogen and oxygen atoms in total. The Balaban J connectivity index is 1.74. The molecule has 1 aliphatic rings. The van der Waals surface area contributed by atoms with Gasteiger partial charge in [0.25, 0.3) is 0 Å². The molecule has 0 spiro atoms. The molecule has 102 valence electrons. The van der Waals surface area contributed by atoms with Crippen molar-refractivity contribution in [1.82, 2.24) is 9.88 Å². The molecule has 1 saturated heterocycles. The number of hydrogen-bond donors (Lipinski definition) is 0. The van der Waals surface area contributed by atoms with Gasteiger partial charge in [0.2, 0.25) is 5.91 Å². The minimum Gasteiger partial charge on any atom is -0.378 e. The third-order valence-corrected chi connectivity index (χ3v) is 3.34. The Morgan fingerprint density at radius 2 is 1.95 bits per heavy atom. The van der Waals surface area contributed by atoms with E-state index in [0.717, 1.165) is 16.6 Å². The molecule has 1 aromatic heterocycles. The number of carbonyl (C=O) groups is 1. The molecule has 0 atom stereocenters. The van der Waals surface area contributed by atoms with Crippen LogP contribution < -0.4 is 0 Å². The van der Waals surface area contributed by atoms with Crippen LogP contribution >= 0.6 is 0 Å². The van der Waals surface area contributed by atoms with Crippen molar-refractivity contribution in [2.24, 2.45) is 0 Å². The largest absolute Gasteiger partial charge is 0.378 e. The lowest BCUT2D eigenvalue weighted by molar-refractivity contribution is -0.129. The number of ether oxygens (including phenoxy) is 1. The Bertz CT molecular complexity index is 646. The molecule has 0 unspecified atom stereocenters. The molecule has 0 aliphatic carbocycles. The maximum atomic E-state index is 12.0. The van der Waals surface area contributed by atoms with Gasteiger partial charge < -0.3 is 9.64 Å². The highest BCUT2D eigenvalue weighted by molar-refractivity contribution is 5.92. The molecule has 1 aliphatic heterocycles. The predicted molar refractivity (Wildman–Crippen MR) is 78.2 cm³/mol. The summed E-state index contributed by atoms with van der Waals surface area (Å²) in [6.45, 7) is 2.56. The topological polar surface area (TPSA) is 42.4 Å². The van der Waals surface area contributed by atoms with Gasteiger partial charge in [-0.05, 0) is 18.2 Å². The van der Waals surface area contributed by atoms with Gasteiger partial charge in [-0.25, -0.2) is 4.98 Å². The van der Waals surface area contributed by atoms with Crippen LogP contribution in [0, 0.1) is 0 Å². The zero-order chi connectivity index (χ0) is 13.8. The molecule has 0 saturated carbocycles. The summed E-state index contributed by atoms with van der Waals surface area (Å²) in [6, 6.07) is 11.9. The Kier molecular flexibility index (Phi) is 3.74. The summed E-state index contributed by atoms with van der Waals surface area (Å²) in [5.41, 5.74) is 1.73. The van der Waals surface area contributed by atoms with Gasteiger partial charge in [0, 0.05) is 24.6 Å². The first-order chi connectivity index (χ1) is 9.83. The van der Waals surface area contributed by atoms with Crippen molar-refractivity contribution in [2.75, 3.05) is 26.3 Å².